The Morgan fingerprint density at radius 2 is 2.04 bits per heavy atom. The number of carbonyl (C=O) groups is 1. The molecule has 0 unspecified atom stereocenters. The minimum absolute atomic E-state index is 0.0121. The Hall–Kier alpha value is -2.27. The van der Waals surface area contributed by atoms with Gasteiger partial charge >= 0.3 is 0 Å². The van der Waals surface area contributed by atoms with Gasteiger partial charge in [-0.05, 0) is 37.6 Å². The summed E-state index contributed by atoms with van der Waals surface area (Å²) in [5.41, 5.74) is 5.15. The molecule has 0 bridgehead atoms. The van der Waals surface area contributed by atoms with Gasteiger partial charge in [0.15, 0.2) is 0 Å². The van der Waals surface area contributed by atoms with E-state index in [1.807, 2.05) is 50.2 Å². The first-order chi connectivity index (χ1) is 11.1. The van der Waals surface area contributed by atoms with Crippen molar-refractivity contribution in [3.63, 3.8) is 0 Å². The van der Waals surface area contributed by atoms with Crippen LogP contribution in [0.3, 0.4) is 0 Å². The van der Waals surface area contributed by atoms with E-state index in [1.54, 1.807) is 11.8 Å². The Balaban J connectivity index is 1.52. The zero-order valence-corrected chi connectivity index (χ0v) is 14.0. The number of para-hydroxylation sites is 2. The number of thioether (sulfide) groups is 1. The molecule has 1 heterocycles. The van der Waals surface area contributed by atoms with Gasteiger partial charge in [-0.2, -0.15) is 0 Å². The molecule has 0 aliphatic rings. The highest BCUT2D eigenvalue weighted by atomic mass is 32.2. The predicted molar refractivity (Wildman–Crippen MR) is 96.8 cm³/mol. The Bertz CT molecular complexity index is 808. The number of nitrogens with one attached hydrogen (secondary N) is 2. The van der Waals surface area contributed by atoms with Crippen LogP contribution in [0.1, 0.15) is 17.0 Å². The number of hydrogen-bond donors (Lipinski definition) is 2. The third-order valence-electron chi connectivity index (χ3n) is 3.57. The smallest absolute Gasteiger partial charge is 0.234 e. The Morgan fingerprint density at radius 1 is 1.22 bits per heavy atom. The number of nitrogens with zero attached hydrogens (tertiary/aromatic N) is 1. The molecule has 23 heavy (non-hydrogen) atoms. The average molecular weight is 325 g/mol. The number of fused-ring (bicyclic) bond motifs is 1. The van der Waals surface area contributed by atoms with Crippen molar-refractivity contribution in [1.82, 2.24) is 9.97 Å². The van der Waals surface area contributed by atoms with Crippen LogP contribution in [0.15, 0.2) is 42.5 Å². The second-order valence-corrected chi connectivity index (χ2v) is 6.55. The second kappa shape index (κ2) is 6.87. The molecule has 2 N–H and O–H groups in total. The van der Waals surface area contributed by atoms with E-state index in [-0.39, 0.29) is 5.91 Å². The highest BCUT2D eigenvalue weighted by molar-refractivity contribution is 7.99. The molecule has 0 radical (unpaired) electrons. The van der Waals surface area contributed by atoms with Crippen molar-refractivity contribution in [2.45, 2.75) is 19.6 Å². The van der Waals surface area contributed by atoms with E-state index in [2.05, 4.69) is 21.4 Å². The molecule has 0 spiro atoms. The molecule has 5 heteroatoms. The highest BCUT2D eigenvalue weighted by Gasteiger charge is 2.07. The summed E-state index contributed by atoms with van der Waals surface area (Å²) in [6.07, 6.45) is 0. The molecule has 2 aromatic carbocycles. The minimum Gasteiger partial charge on any atom is -0.341 e. The van der Waals surface area contributed by atoms with E-state index in [1.165, 1.54) is 5.56 Å². The molecule has 3 aromatic rings. The number of carbonyl (C=O) groups excluding carboxylic acids is 1. The molecule has 0 saturated carbocycles. The molecule has 4 nitrogen and oxygen atoms in total. The minimum atomic E-state index is 0.0121. The van der Waals surface area contributed by atoms with Gasteiger partial charge < -0.3 is 10.3 Å². The number of benzene rings is 2. The highest BCUT2D eigenvalue weighted by Crippen LogP contribution is 2.18. The summed E-state index contributed by atoms with van der Waals surface area (Å²) < 4.78 is 0. The molecule has 1 aromatic heterocycles. The van der Waals surface area contributed by atoms with Crippen molar-refractivity contribution in [2.24, 2.45) is 0 Å². The third kappa shape index (κ3) is 3.93. The topological polar surface area (TPSA) is 57.8 Å². The normalized spacial score (nSPS) is 10.9. The van der Waals surface area contributed by atoms with Crippen molar-refractivity contribution in [3.05, 3.63) is 59.4 Å². The molecule has 0 aliphatic heterocycles. The molecular formula is C18H19N3OS. The van der Waals surface area contributed by atoms with Gasteiger partial charge in [-0.25, -0.2) is 4.98 Å². The molecule has 118 valence electrons. The maximum atomic E-state index is 12.0. The molecule has 1 amide bonds. The first-order valence-electron chi connectivity index (χ1n) is 7.50. The van der Waals surface area contributed by atoms with Crippen molar-refractivity contribution >= 4 is 34.4 Å². The van der Waals surface area contributed by atoms with Crippen molar-refractivity contribution in [2.75, 3.05) is 11.1 Å². The fraction of sp³-hybridized carbons (Fsp3) is 0.222. The van der Waals surface area contributed by atoms with Gasteiger partial charge in [0, 0.05) is 5.69 Å². The van der Waals surface area contributed by atoms with Crippen LogP contribution in [0, 0.1) is 13.8 Å². The zero-order valence-electron chi connectivity index (χ0n) is 13.2. The summed E-state index contributed by atoms with van der Waals surface area (Å²) in [5.74, 6) is 2.01. The maximum absolute atomic E-state index is 12.0. The van der Waals surface area contributed by atoms with Crippen LogP contribution in [0.4, 0.5) is 5.69 Å². The van der Waals surface area contributed by atoms with E-state index in [9.17, 15) is 4.79 Å². The van der Waals surface area contributed by atoms with Gasteiger partial charge in [-0.15, -0.1) is 11.8 Å². The Kier molecular flexibility index (Phi) is 4.67. The van der Waals surface area contributed by atoms with E-state index in [0.29, 0.717) is 11.5 Å². The maximum Gasteiger partial charge on any atom is 0.234 e. The summed E-state index contributed by atoms with van der Waals surface area (Å²) in [4.78, 5) is 19.8. The molecule has 0 atom stereocenters. The van der Waals surface area contributed by atoms with Crippen LogP contribution in [0.5, 0.6) is 0 Å². The first kappa shape index (κ1) is 15.6. The summed E-state index contributed by atoms with van der Waals surface area (Å²) in [6.45, 7) is 4.05. The fourth-order valence-corrected chi connectivity index (χ4v) is 3.14. The van der Waals surface area contributed by atoms with Crippen LogP contribution in [-0.4, -0.2) is 21.6 Å². The lowest BCUT2D eigenvalue weighted by atomic mass is 10.1. The third-order valence-corrected chi connectivity index (χ3v) is 4.51. The lowest BCUT2D eigenvalue weighted by molar-refractivity contribution is -0.113. The van der Waals surface area contributed by atoms with E-state index >= 15 is 0 Å². The number of aromatic nitrogens is 2. The Labute approximate surface area is 139 Å². The molecule has 0 fully saturated rings. The lowest BCUT2D eigenvalue weighted by Crippen LogP contribution is -2.15. The van der Waals surface area contributed by atoms with E-state index in [0.717, 1.165) is 28.1 Å². The van der Waals surface area contributed by atoms with Crippen LogP contribution in [-0.2, 0) is 10.5 Å². The molecule has 0 aliphatic carbocycles. The fourth-order valence-electron chi connectivity index (χ4n) is 2.45. The number of aryl methyl sites for hydroxylation is 2. The van der Waals surface area contributed by atoms with Gasteiger partial charge in [0.1, 0.15) is 5.82 Å². The molecular weight excluding hydrogens is 306 g/mol. The predicted octanol–water partition coefficient (Wildman–Crippen LogP) is 4.05. The molecule has 0 saturated heterocycles. The number of anilines is 1. The van der Waals surface area contributed by atoms with Crippen molar-refractivity contribution in [1.29, 1.82) is 0 Å². The van der Waals surface area contributed by atoms with Crippen LogP contribution in [0.25, 0.3) is 11.0 Å². The number of rotatable bonds is 5. The Morgan fingerprint density at radius 3 is 2.83 bits per heavy atom. The number of amides is 1. The summed E-state index contributed by atoms with van der Waals surface area (Å²) in [5, 5.41) is 2.96. The summed E-state index contributed by atoms with van der Waals surface area (Å²) in [7, 11) is 0. The van der Waals surface area contributed by atoms with Crippen LogP contribution < -0.4 is 5.32 Å². The average Bonchev–Trinajstić information content (AvgIpc) is 2.93. The largest absolute Gasteiger partial charge is 0.341 e. The monoisotopic (exact) mass is 325 g/mol. The van der Waals surface area contributed by atoms with Crippen LogP contribution >= 0.6 is 11.8 Å². The van der Waals surface area contributed by atoms with E-state index in [4.69, 9.17) is 0 Å². The van der Waals surface area contributed by atoms with Crippen LogP contribution in [0.2, 0.25) is 0 Å². The number of aromatic amines is 1. The van der Waals surface area contributed by atoms with Gasteiger partial charge in [0.05, 0.1) is 22.5 Å². The van der Waals surface area contributed by atoms with E-state index < -0.39 is 0 Å². The standard InChI is InChI=1S/C18H19N3OS/c1-12-7-8-14(13(2)9-12)21-18(22)11-23-10-17-19-15-5-3-4-6-16(15)20-17/h3-9H,10-11H2,1-2H3,(H,19,20)(H,21,22). The summed E-state index contributed by atoms with van der Waals surface area (Å²) >= 11 is 1.55. The van der Waals surface area contributed by atoms with Gasteiger partial charge in [-0.1, -0.05) is 29.8 Å². The molecule has 3 rings (SSSR count). The zero-order chi connectivity index (χ0) is 16.2. The number of imidazole rings is 1. The number of H-pyrrole nitrogens is 1. The van der Waals surface area contributed by atoms with Gasteiger partial charge in [-0.3, -0.25) is 4.79 Å². The van der Waals surface area contributed by atoms with Gasteiger partial charge in [0.25, 0.3) is 0 Å². The first-order valence-corrected chi connectivity index (χ1v) is 8.66. The SMILES string of the molecule is Cc1ccc(NC(=O)CSCc2nc3ccccc3[nH]2)c(C)c1. The van der Waals surface area contributed by atoms with Gasteiger partial charge in [0.2, 0.25) is 5.91 Å². The summed E-state index contributed by atoms with van der Waals surface area (Å²) in [6, 6.07) is 14.0. The lowest BCUT2D eigenvalue weighted by Gasteiger charge is -2.08. The van der Waals surface area contributed by atoms with Crippen molar-refractivity contribution < 1.29 is 4.79 Å². The number of hydrogen-bond acceptors (Lipinski definition) is 3. The second-order valence-electron chi connectivity index (χ2n) is 5.56. The quantitative estimate of drug-likeness (QED) is 0.744. The van der Waals surface area contributed by atoms with Crippen molar-refractivity contribution in [3.8, 4) is 0 Å².